The van der Waals surface area contributed by atoms with E-state index in [1.54, 1.807) is 19.1 Å². The smallest absolute Gasteiger partial charge is 0.326 e. The van der Waals surface area contributed by atoms with Gasteiger partial charge in [-0.2, -0.15) is 0 Å². The summed E-state index contributed by atoms with van der Waals surface area (Å²) in [6.45, 7) is 1.78. The number of carboxylic acid groups (broad SMARTS) is 1. The minimum absolute atomic E-state index is 0.0347. The molecule has 2 N–H and O–H groups in total. The Kier molecular flexibility index (Phi) is 5.64. The molecule has 1 aromatic rings. The van der Waals surface area contributed by atoms with E-state index in [2.05, 4.69) is 15.0 Å². The van der Waals surface area contributed by atoms with E-state index in [1.165, 1.54) is 13.3 Å². The maximum absolute atomic E-state index is 11.9. The molecular weight excluding hydrogens is 264 g/mol. The molecule has 0 radical (unpaired) electrons. The van der Waals surface area contributed by atoms with Crippen LogP contribution in [0.4, 0.5) is 0 Å². The van der Waals surface area contributed by atoms with Gasteiger partial charge >= 0.3 is 11.9 Å². The zero-order chi connectivity index (χ0) is 15.1. The number of nitrogens with one attached hydrogen (secondary N) is 1. The van der Waals surface area contributed by atoms with Crippen molar-refractivity contribution < 1.29 is 24.2 Å². The SMILES string of the molecule is COC(=O)CC[C@H](NC(=O)c1ccc(C)nc1)C(=O)O. The minimum Gasteiger partial charge on any atom is -0.480 e. The summed E-state index contributed by atoms with van der Waals surface area (Å²) in [7, 11) is 1.22. The van der Waals surface area contributed by atoms with E-state index in [4.69, 9.17) is 5.11 Å². The molecule has 0 saturated carbocycles. The third kappa shape index (κ3) is 4.68. The van der Waals surface area contributed by atoms with Gasteiger partial charge < -0.3 is 15.2 Å². The fourth-order valence-electron chi connectivity index (χ4n) is 1.47. The normalized spacial score (nSPS) is 11.5. The number of rotatable bonds is 6. The Bertz CT molecular complexity index is 498. The van der Waals surface area contributed by atoms with Crippen LogP contribution >= 0.6 is 0 Å². The van der Waals surface area contributed by atoms with E-state index in [9.17, 15) is 14.4 Å². The van der Waals surface area contributed by atoms with Crippen LogP contribution in [0.3, 0.4) is 0 Å². The minimum atomic E-state index is -1.21. The average Bonchev–Trinajstić information content (AvgIpc) is 2.43. The topological polar surface area (TPSA) is 106 Å². The van der Waals surface area contributed by atoms with Crippen molar-refractivity contribution in [3.8, 4) is 0 Å². The molecule has 0 spiro atoms. The molecule has 0 fully saturated rings. The lowest BCUT2D eigenvalue weighted by atomic mass is 10.1. The van der Waals surface area contributed by atoms with Crippen molar-refractivity contribution in [2.24, 2.45) is 0 Å². The van der Waals surface area contributed by atoms with Gasteiger partial charge in [0.2, 0.25) is 0 Å². The molecule has 0 unspecified atom stereocenters. The number of esters is 1. The number of ether oxygens (including phenoxy) is 1. The Morgan fingerprint density at radius 2 is 2.10 bits per heavy atom. The average molecular weight is 280 g/mol. The van der Waals surface area contributed by atoms with E-state index in [0.717, 1.165) is 5.69 Å². The third-order valence-electron chi connectivity index (χ3n) is 2.64. The fraction of sp³-hybridized carbons (Fsp3) is 0.385. The summed E-state index contributed by atoms with van der Waals surface area (Å²) in [6, 6.07) is 2.05. The number of aromatic nitrogens is 1. The lowest BCUT2D eigenvalue weighted by Gasteiger charge is -2.13. The van der Waals surface area contributed by atoms with Crippen LogP contribution in [0.2, 0.25) is 0 Å². The van der Waals surface area contributed by atoms with Gasteiger partial charge in [-0.05, 0) is 25.5 Å². The molecule has 0 aliphatic heterocycles. The van der Waals surface area contributed by atoms with Crippen molar-refractivity contribution >= 4 is 17.8 Å². The first kappa shape index (κ1) is 15.6. The Morgan fingerprint density at radius 1 is 1.40 bits per heavy atom. The molecule has 0 saturated heterocycles. The highest BCUT2D eigenvalue weighted by Crippen LogP contribution is 2.04. The molecule has 7 nitrogen and oxygen atoms in total. The Hall–Kier alpha value is -2.44. The molecular formula is C13H16N2O5. The largest absolute Gasteiger partial charge is 0.480 e. The monoisotopic (exact) mass is 280 g/mol. The molecule has 1 aromatic heterocycles. The van der Waals surface area contributed by atoms with Crippen molar-refractivity contribution in [3.63, 3.8) is 0 Å². The van der Waals surface area contributed by atoms with Crippen molar-refractivity contribution in [1.82, 2.24) is 10.3 Å². The van der Waals surface area contributed by atoms with Crippen molar-refractivity contribution in [3.05, 3.63) is 29.6 Å². The van der Waals surface area contributed by atoms with Crippen molar-refractivity contribution in [1.29, 1.82) is 0 Å². The van der Waals surface area contributed by atoms with Crippen LogP contribution in [0.5, 0.6) is 0 Å². The second-order valence-corrected chi connectivity index (χ2v) is 4.17. The van der Waals surface area contributed by atoms with Gasteiger partial charge in [0.1, 0.15) is 6.04 Å². The molecule has 0 aliphatic carbocycles. The van der Waals surface area contributed by atoms with Crippen LogP contribution in [0.25, 0.3) is 0 Å². The number of hydrogen-bond donors (Lipinski definition) is 2. The van der Waals surface area contributed by atoms with Crippen LogP contribution in [0.15, 0.2) is 18.3 Å². The molecule has 0 aliphatic rings. The predicted octanol–water partition coefficient (Wildman–Crippen LogP) is 0.526. The van der Waals surface area contributed by atoms with Gasteiger partial charge in [0.05, 0.1) is 12.7 Å². The summed E-state index contributed by atoms with van der Waals surface area (Å²) in [5.41, 5.74) is 1.02. The number of carboxylic acids is 1. The van der Waals surface area contributed by atoms with Gasteiger partial charge in [0.25, 0.3) is 5.91 Å². The number of carbonyl (C=O) groups is 3. The number of nitrogens with zero attached hydrogens (tertiary/aromatic N) is 1. The van der Waals surface area contributed by atoms with Gasteiger partial charge in [-0.1, -0.05) is 0 Å². The first-order valence-electron chi connectivity index (χ1n) is 5.97. The molecule has 7 heteroatoms. The van der Waals surface area contributed by atoms with Crippen LogP contribution in [0.1, 0.15) is 28.9 Å². The predicted molar refractivity (Wildman–Crippen MR) is 69.1 cm³/mol. The van der Waals surface area contributed by atoms with E-state index in [0.29, 0.717) is 0 Å². The summed E-state index contributed by atoms with van der Waals surface area (Å²) in [5.74, 6) is -2.28. The quantitative estimate of drug-likeness (QED) is 0.736. The van der Waals surface area contributed by atoms with Crippen LogP contribution in [0, 0.1) is 6.92 Å². The number of aryl methyl sites for hydroxylation is 1. The summed E-state index contributed by atoms with van der Waals surface area (Å²) >= 11 is 0. The number of carbonyl (C=O) groups excluding carboxylic acids is 2. The zero-order valence-electron chi connectivity index (χ0n) is 11.3. The highest BCUT2D eigenvalue weighted by Gasteiger charge is 2.21. The van der Waals surface area contributed by atoms with Gasteiger partial charge in [0, 0.05) is 18.3 Å². The van der Waals surface area contributed by atoms with Crippen LogP contribution < -0.4 is 5.32 Å². The Balaban J connectivity index is 2.65. The van der Waals surface area contributed by atoms with E-state index >= 15 is 0 Å². The summed E-state index contributed by atoms with van der Waals surface area (Å²) in [4.78, 5) is 37.8. The van der Waals surface area contributed by atoms with E-state index in [1.807, 2.05) is 0 Å². The van der Waals surface area contributed by atoms with Gasteiger partial charge in [-0.3, -0.25) is 14.6 Å². The van der Waals surface area contributed by atoms with E-state index in [-0.39, 0.29) is 18.4 Å². The van der Waals surface area contributed by atoms with Gasteiger partial charge in [-0.25, -0.2) is 4.79 Å². The molecule has 1 heterocycles. The maximum atomic E-state index is 11.9. The van der Waals surface area contributed by atoms with Crippen LogP contribution in [-0.2, 0) is 14.3 Å². The lowest BCUT2D eigenvalue weighted by molar-refractivity contribution is -0.142. The third-order valence-corrected chi connectivity index (χ3v) is 2.64. The number of amides is 1. The first-order chi connectivity index (χ1) is 9.43. The first-order valence-corrected chi connectivity index (χ1v) is 5.97. The second-order valence-electron chi connectivity index (χ2n) is 4.17. The Labute approximate surface area is 116 Å². The number of hydrogen-bond acceptors (Lipinski definition) is 5. The van der Waals surface area contributed by atoms with Gasteiger partial charge in [-0.15, -0.1) is 0 Å². The highest BCUT2D eigenvalue weighted by molar-refractivity contribution is 5.96. The fourth-order valence-corrected chi connectivity index (χ4v) is 1.47. The number of pyridine rings is 1. The second kappa shape index (κ2) is 7.22. The van der Waals surface area contributed by atoms with Crippen molar-refractivity contribution in [2.45, 2.75) is 25.8 Å². The summed E-state index contributed by atoms with van der Waals surface area (Å²) < 4.78 is 4.43. The standard InChI is InChI=1S/C13H16N2O5/c1-8-3-4-9(7-14-8)12(17)15-10(13(18)19)5-6-11(16)20-2/h3-4,7,10H,5-6H2,1-2H3,(H,15,17)(H,18,19)/t10-/m0/s1. The molecule has 0 aromatic carbocycles. The van der Waals surface area contributed by atoms with Crippen molar-refractivity contribution in [2.75, 3.05) is 7.11 Å². The van der Waals surface area contributed by atoms with Crippen LogP contribution in [-0.4, -0.2) is 41.1 Å². The zero-order valence-corrected chi connectivity index (χ0v) is 11.3. The lowest BCUT2D eigenvalue weighted by Crippen LogP contribution is -2.41. The Morgan fingerprint density at radius 3 is 2.60 bits per heavy atom. The van der Waals surface area contributed by atoms with Gasteiger partial charge in [0.15, 0.2) is 0 Å². The molecule has 20 heavy (non-hydrogen) atoms. The molecule has 108 valence electrons. The number of aliphatic carboxylic acids is 1. The molecule has 0 bridgehead atoms. The maximum Gasteiger partial charge on any atom is 0.326 e. The summed E-state index contributed by atoms with van der Waals surface area (Å²) in [5, 5.41) is 11.4. The molecule has 1 amide bonds. The van der Waals surface area contributed by atoms with E-state index < -0.39 is 23.9 Å². The highest BCUT2D eigenvalue weighted by atomic mass is 16.5. The number of methoxy groups -OCH3 is 1. The molecule has 1 atom stereocenters. The molecule has 1 rings (SSSR count). The summed E-state index contributed by atoms with van der Waals surface area (Å²) in [6.07, 6.45) is 1.25.